The van der Waals surface area contributed by atoms with E-state index in [-0.39, 0.29) is 20.1 Å². The molecular weight excluding hydrogens is 490 g/mol. The van der Waals surface area contributed by atoms with Gasteiger partial charge in [-0.1, -0.05) is 29.3 Å². The van der Waals surface area contributed by atoms with Gasteiger partial charge in [0.15, 0.2) is 5.89 Å². The number of aromatic nitrogens is 3. The van der Waals surface area contributed by atoms with E-state index < -0.39 is 0 Å². The number of imidazole rings is 1. The molecule has 0 aliphatic heterocycles. The van der Waals surface area contributed by atoms with E-state index in [2.05, 4.69) is 53.5 Å². The van der Waals surface area contributed by atoms with Gasteiger partial charge in [0.05, 0.1) is 11.4 Å². The van der Waals surface area contributed by atoms with Crippen LogP contribution in [0.4, 0.5) is 0 Å². The van der Waals surface area contributed by atoms with Crippen molar-refractivity contribution in [1.82, 2.24) is 14.5 Å². The number of nitrogens with zero attached hydrogens (tertiary/aromatic N) is 3. The summed E-state index contributed by atoms with van der Waals surface area (Å²) in [6.07, 6.45) is 3.80. The zero-order chi connectivity index (χ0) is 16.8. The Morgan fingerprint density at radius 2 is 1.80 bits per heavy atom. The normalized spacial score (nSPS) is 10.9. The summed E-state index contributed by atoms with van der Waals surface area (Å²) in [5.41, 5.74) is 7.26. The zero-order valence-electron chi connectivity index (χ0n) is 14.5. The number of hydrogen-bond acceptors (Lipinski definition) is 3. The van der Waals surface area contributed by atoms with Gasteiger partial charge in [0.2, 0.25) is 0 Å². The molecule has 0 spiro atoms. The molecule has 0 saturated heterocycles. The molecule has 2 heterocycles. The second-order valence-electron chi connectivity index (χ2n) is 6.17. The Kier molecular flexibility index (Phi) is 4.63. The van der Waals surface area contributed by atoms with E-state index in [1.165, 1.54) is 16.7 Å². The Balaban J connectivity index is 0.00000182. The first-order valence-corrected chi connectivity index (χ1v) is 7.94. The van der Waals surface area contributed by atoms with E-state index in [1.807, 2.05) is 31.5 Å². The van der Waals surface area contributed by atoms with Crippen LogP contribution in [-0.2, 0) is 20.1 Å². The summed E-state index contributed by atoms with van der Waals surface area (Å²) in [6.45, 7) is 8.23. The van der Waals surface area contributed by atoms with Crippen molar-refractivity contribution >= 4 is 11.1 Å². The average molecular weight is 509 g/mol. The molecule has 5 heteroatoms. The van der Waals surface area contributed by atoms with Gasteiger partial charge in [-0.05, 0) is 31.9 Å². The SMILES string of the molecule is Cc1cc(C)c(-n2ccnc2-c2[c-]ccc3oc(C)nc23)c(C)c1.[Ir]. The fourth-order valence-corrected chi connectivity index (χ4v) is 3.40. The Labute approximate surface area is 160 Å². The maximum atomic E-state index is 5.65. The largest absolute Gasteiger partial charge is 0.461 e. The summed E-state index contributed by atoms with van der Waals surface area (Å²) in [5, 5.41) is 0. The molecule has 129 valence electrons. The summed E-state index contributed by atoms with van der Waals surface area (Å²) < 4.78 is 7.76. The monoisotopic (exact) mass is 509 g/mol. The smallest absolute Gasteiger partial charge is 0.180 e. The second kappa shape index (κ2) is 6.58. The quantitative estimate of drug-likeness (QED) is 0.369. The molecule has 4 rings (SSSR count). The van der Waals surface area contributed by atoms with Gasteiger partial charge in [-0.25, -0.2) is 0 Å². The third kappa shape index (κ3) is 2.94. The van der Waals surface area contributed by atoms with Crippen molar-refractivity contribution in [2.75, 3.05) is 0 Å². The molecule has 0 aliphatic carbocycles. The van der Waals surface area contributed by atoms with Crippen LogP contribution in [0.1, 0.15) is 22.6 Å². The summed E-state index contributed by atoms with van der Waals surface area (Å²) >= 11 is 0. The number of benzene rings is 2. The maximum Gasteiger partial charge on any atom is 0.180 e. The van der Waals surface area contributed by atoms with Crippen LogP contribution in [0, 0.1) is 33.8 Å². The molecule has 4 nitrogen and oxygen atoms in total. The van der Waals surface area contributed by atoms with Crippen molar-refractivity contribution in [1.29, 1.82) is 0 Å². The standard InChI is InChI=1S/C20H18N3O.Ir/c1-12-10-13(2)19(14(3)11-12)23-9-8-21-20(23)16-6-5-7-17-18(16)22-15(4)24-17;/h5,7-11H,1-4H3;/q-1;. The van der Waals surface area contributed by atoms with Crippen molar-refractivity contribution in [3.05, 3.63) is 65.3 Å². The Morgan fingerprint density at radius 1 is 1.08 bits per heavy atom. The van der Waals surface area contributed by atoms with Crippen LogP contribution in [0.3, 0.4) is 0 Å². The van der Waals surface area contributed by atoms with Gasteiger partial charge in [-0.2, -0.15) is 0 Å². The van der Waals surface area contributed by atoms with Gasteiger partial charge in [-0.3, -0.25) is 9.97 Å². The molecule has 0 unspecified atom stereocenters. The van der Waals surface area contributed by atoms with Crippen molar-refractivity contribution in [3.8, 4) is 17.1 Å². The number of fused-ring (bicyclic) bond motifs is 1. The van der Waals surface area contributed by atoms with Gasteiger partial charge in [0, 0.05) is 50.6 Å². The van der Waals surface area contributed by atoms with Crippen LogP contribution in [-0.4, -0.2) is 14.5 Å². The van der Waals surface area contributed by atoms with Crippen molar-refractivity contribution in [2.45, 2.75) is 27.7 Å². The third-order valence-corrected chi connectivity index (χ3v) is 4.20. The molecule has 1 radical (unpaired) electrons. The molecule has 25 heavy (non-hydrogen) atoms. The van der Waals surface area contributed by atoms with Crippen molar-refractivity contribution < 1.29 is 24.5 Å². The molecule has 0 atom stereocenters. The summed E-state index contributed by atoms with van der Waals surface area (Å²) in [6, 6.07) is 11.4. The van der Waals surface area contributed by atoms with E-state index in [0.717, 1.165) is 28.2 Å². The first-order valence-electron chi connectivity index (χ1n) is 7.94. The Hall–Kier alpha value is -2.23. The molecule has 0 fully saturated rings. The van der Waals surface area contributed by atoms with Gasteiger partial charge in [0.1, 0.15) is 0 Å². The van der Waals surface area contributed by atoms with Gasteiger partial charge in [0.25, 0.3) is 0 Å². The van der Waals surface area contributed by atoms with Crippen LogP contribution in [0.25, 0.3) is 28.2 Å². The van der Waals surface area contributed by atoms with Gasteiger partial charge >= 0.3 is 0 Å². The predicted octanol–water partition coefficient (Wildman–Crippen LogP) is 4.71. The second-order valence-corrected chi connectivity index (χ2v) is 6.17. The summed E-state index contributed by atoms with van der Waals surface area (Å²) in [7, 11) is 0. The molecule has 0 N–H and O–H groups in total. The molecule has 4 aromatic rings. The van der Waals surface area contributed by atoms with Crippen LogP contribution < -0.4 is 0 Å². The first-order chi connectivity index (χ1) is 11.5. The van der Waals surface area contributed by atoms with Crippen LogP contribution >= 0.6 is 0 Å². The van der Waals surface area contributed by atoms with Crippen molar-refractivity contribution in [2.24, 2.45) is 0 Å². The Morgan fingerprint density at radius 3 is 2.52 bits per heavy atom. The van der Waals surface area contributed by atoms with E-state index >= 15 is 0 Å². The first kappa shape index (κ1) is 17.6. The van der Waals surface area contributed by atoms with Crippen LogP contribution in [0.5, 0.6) is 0 Å². The van der Waals surface area contributed by atoms with Crippen molar-refractivity contribution in [3.63, 3.8) is 0 Å². The fraction of sp³-hybridized carbons (Fsp3) is 0.200. The number of hydrogen-bond donors (Lipinski definition) is 0. The summed E-state index contributed by atoms with van der Waals surface area (Å²) in [4.78, 5) is 9.09. The number of aryl methyl sites for hydroxylation is 4. The number of oxazole rings is 1. The molecule has 2 aromatic carbocycles. The molecular formula is C20H18IrN3O-. The van der Waals surface area contributed by atoms with Gasteiger partial charge < -0.3 is 8.98 Å². The van der Waals surface area contributed by atoms with E-state index in [0.29, 0.717) is 5.89 Å². The van der Waals surface area contributed by atoms with Crippen LogP contribution in [0.15, 0.2) is 41.1 Å². The molecule has 0 bridgehead atoms. The molecule has 0 aliphatic rings. The maximum absolute atomic E-state index is 5.65. The van der Waals surface area contributed by atoms with Gasteiger partial charge in [-0.15, -0.1) is 12.1 Å². The fourth-order valence-electron chi connectivity index (χ4n) is 3.40. The third-order valence-electron chi connectivity index (χ3n) is 4.20. The van der Waals surface area contributed by atoms with E-state index in [9.17, 15) is 0 Å². The average Bonchev–Trinajstić information content (AvgIpc) is 3.11. The minimum atomic E-state index is 0. The summed E-state index contributed by atoms with van der Waals surface area (Å²) in [5.74, 6) is 1.47. The minimum absolute atomic E-state index is 0. The molecule has 2 aromatic heterocycles. The molecule has 0 saturated carbocycles. The Bertz CT molecular complexity index is 1040. The number of rotatable bonds is 2. The molecule has 0 amide bonds. The van der Waals surface area contributed by atoms with Crippen LogP contribution in [0.2, 0.25) is 0 Å². The predicted molar refractivity (Wildman–Crippen MR) is 94.4 cm³/mol. The van der Waals surface area contributed by atoms with E-state index in [4.69, 9.17) is 4.42 Å². The minimum Gasteiger partial charge on any atom is -0.461 e. The van der Waals surface area contributed by atoms with E-state index in [1.54, 1.807) is 0 Å². The topological polar surface area (TPSA) is 43.9 Å². The zero-order valence-corrected chi connectivity index (χ0v) is 16.9.